The molecule has 0 radical (unpaired) electrons. The third-order valence-corrected chi connectivity index (χ3v) is 5.94. The Morgan fingerprint density at radius 3 is 2.73 bits per heavy atom. The first-order chi connectivity index (χ1) is 7.00. The zero-order valence-electron chi connectivity index (χ0n) is 9.72. The van der Waals surface area contributed by atoms with Gasteiger partial charge in [-0.3, -0.25) is 4.79 Å². The highest BCUT2D eigenvalue weighted by atomic mass is 16.5. The summed E-state index contributed by atoms with van der Waals surface area (Å²) in [6.07, 6.45) is 3.43. The van der Waals surface area contributed by atoms with Gasteiger partial charge in [-0.25, -0.2) is 0 Å². The summed E-state index contributed by atoms with van der Waals surface area (Å²) < 4.78 is 5.02. The van der Waals surface area contributed by atoms with Crippen LogP contribution in [0.5, 0.6) is 0 Å². The van der Waals surface area contributed by atoms with Crippen LogP contribution in [-0.4, -0.2) is 25.2 Å². The molecule has 3 heteroatoms. The molecule has 0 spiro atoms. The molecule has 1 saturated heterocycles. The minimum absolute atomic E-state index is 0.0454. The first-order valence-corrected chi connectivity index (χ1v) is 5.84. The van der Waals surface area contributed by atoms with E-state index in [-0.39, 0.29) is 16.9 Å². The van der Waals surface area contributed by atoms with Crippen LogP contribution in [0.4, 0.5) is 0 Å². The lowest BCUT2D eigenvalue weighted by Crippen LogP contribution is -2.57. The van der Waals surface area contributed by atoms with Gasteiger partial charge in [-0.15, -0.1) is 0 Å². The van der Waals surface area contributed by atoms with Crippen molar-refractivity contribution in [2.24, 2.45) is 16.7 Å². The van der Waals surface area contributed by atoms with Crippen LogP contribution < -0.4 is 5.32 Å². The molecule has 3 nitrogen and oxygen atoms in total. The number of hydrogen-bond donors (Lipinski definition) is 1. The van der Waals surface area contributed by atoms with Crippen molar-refractivity contribution < 1.29 is 9.53 Å². The summed E-state index contributed by atoms with van der Waals surface area (Å²) in [5.41, 5.74) is 0.0400. The van der Waals surface area contributed by atoms with Gasteiger partial charge in [0.25, 0.3) is 0 Å². The molecule has 0 aromatic carbocycles. The van der Waals surface area contributed by atoms with Crippen LogP contribution in [0.2, 0.25) is 0 Å². The Hall–Kier alpha value is -0.570. The van der Waals surface area contributed by atoms with Crippen LogP contribution in [0.3, 0.4) is 0 Å². The Morgan fingerprint density at radius 2 is 2.20 bits per heavy atom. The fourth-order valence-corrected chi connectivity index (χ4v) is 4.64. The molecule has 3 fully saturated rings. The van der Waals surface area contributed by atoms with Gasteiger partial charge in [0, 0.05) is 12.0 Å². The molecular weight excluding hydrogens is 190 g/mol. The maximum atomic E-state index is 12.0. The van der Waals surface area contributed by atoms with E-state index < -0.39 is 0 Å². The quantitative estimate of drug-likeness (QED) is 0.662. The highest BCUT2D eigenvalue weighted by molar-refractivity contribution is 5.84. The van der Waals surface area contributed by atoms with E-state index in [9.17, 15) is 4.79 Å². The van der Waals surface area contributed by atoms with Gasteiger partial charge >= 0.3 is 5.97 Å². The van der Waals surface area contributed by atoms with Crippen LogP contribution >= 0.6 is 0 Å². The first-order valence-electron chi connectivity index (χ1n) is 5.84. The lowest BCUT2D eigenvalue weighted by Gasteiger charge is -2.40. The predicted octanol–water partition coefficient (Wildman–Crippen LogP) is 1.33. The molecule has 1 aliphatic heterocycles. The Morgan fingerprint density at radius 1 is 1.47 bits per heavy atom. The highest BCUT2D eigenvalue weighted by Gasteiger charge is 2.77. The molecular formula is C12H19NO2. The minimum Gasteiger partial charge on any atom is -0.468 e. The van der Waals surface area contributed by atoms with Crippen LogP contribution in [0.25, 0.3) is 0 Å². The van der Waals surface area contributed by atoms with Gasteiger partial charge in [0.2, 0.25) is 0 Å². The van der Waals surface area contributed by atoms with Gasteiger partial charge in [0.05, 0.1) is 7.11 Å². The minimum atomic E-state index is -0.376. The number of piperidine rings is 1. The van der Waals surface area contributed by atoms with Gasteiger partial charge in [-0.1, -0.05) is 13.8 Å². The number of methoxy groups -OCH3 is 1. The largest absolute Gasteiger partial charge is 0.468 e. The summed E-state index contributed by atoms with van der Waals surface area (Å²) in [7, 11) is 1.50. The fraction of sp³-hybridized carbons (Fsp3) is 0.917. The SMILES string of the molecule is COC(=O)[C@@]12C[C@@H]3CC[C@@]1(C)[C@@]3(C)CN2. The van der Waals surface area contributed by atoms with Crippen molar-refractivity contribution in [3.8, 4) is 0 Å². The number of nitrogens with one attached hydrogen (secondary N) is 1. The van der Waals surface area contributed by atoms with Crippen molar-refractivity contribution in [2.75, 3.05) is 13.7 Å². The van der Waals surface area contributed by atoms with Gasteiger partial charge < -0.3 is 10.1 Å². The second kappa shape index (κ2) is 2.40. The molecule has 1 heterocycles. The summed E-state index contributed by atoms with van der Waals surface area (Å²) >= 11 is 0. The van der Waals surface area contributed by atoms with E-state index >= 15 is 0 Å². The summed E-state index contributed by atoms with van der Waals surface area (Å²) in [5, 5.41) is 3.46. The van der Waals surface area contributed by atoms with Crippen LogP contribution in [0.15, 0.2) is 0 Å². The van der Waals surface area contributed by atoms with Gasteiger partial charge in [-0.2, -0.15) is 0 Å². The van der Waals surface area contributed by atoms with Crippen molar-refractivity contribution in [3.63, 3.8) is 0 Å². The van der Waals surface area contributed by atoms with Crippen molar-refractivity contribution in [2.45, 2.75) is 38.6 Å². The topological polar surface area (TPSA) is 38.3 Å². The lowest BCUT2D eigenvalue weighted by atomic mass is 9.66. The second-order valence-electron chi connectivity index (χ2n) is 5.94. The Kier molecular flexibility index (Phi) is 1.54. The highest BCUT2D eigenvalue weighted by Crippen LogP contribution is 2.72. The smallest absolute Gasteiger partial charge is 0.326 e. The number of rotatable bonds is 1. The number of hydrogen-bond acceptors (Lipinski definition) is 3. The molecule has 84 valence electrons. The number of ether oxygens (including phenoxy) is 1. The zero-order chi connectivity index (χ0) is 10.9. The van der Waals surface area contributed by atoms with Gasteiger partial charge in [-0.05, 0) is 30.6 Å². The van der Waals surface area contributed by atoms with E-state index in [4.69, 9.17) is 4.74 Å². The first kappa shape index (κ1) is 9.64. The maximum absolute atomic E-state index is 12.0. The number of carbonyl (C=O) groups excluding carboxylic acids is 1. The van der Waals surface area contributed by atoms with E-state index in [1.54, 1.807) is 0 Å². The van der Waals surface area contributed by atoms with Crippen molar-refractivity contribution in [1.82, 2.24) is 5.32 Å². The normalized spacial score (nSPS) is 56.1. The van der Waals surface area contributed by atoms with Crippen LogP contribution in [0.1, 0.15) is 33.1 Å². The Balaban J connectivity index is 2.12. The fourth-order valence-electron chi connectivity index (χ4n) is 4.64. The summed E-state index contributed by atoms with van der Waals surface area (Å²) in [6, 6.07) is 0. The summed E-state index contributed by atoms with van der Waals surface area (Å²) in [6.45, 7) is 5.59. The molecule has 1 N–H and O–H groups in total. The third kappa shape index (κ3) is 0.718. The average Bonchev–Trinajstić information content (AvgIpc) is 2.70. The zero-order valence-corrected chi connectivity index (χ0v) is 9.72. The molecule has 0 unspecified atom stereocenters. The standard InChI is InChI=1S/C12H19NO2/c1-10-7-13-12(9(14)15-3)6-8(10)4-5-11(10,12)2/h8,13H,4-7H2,1-3H3/t8-,10-,11-,12-/m0/s1. The summed E-state index contributed by atoms with van der Waals surface area (Å²) in [4.78, 5) is 12.0. The molecule has 2 saturated carbocycles. The molecule has 2 aliphatic carbocycles. The number of carbonyl (C=O) groups is 1. The van der Waals surface area contributed by atoms with Crippen molar-refractivity contribution in [3.05, 3.63) is 0 Å². The van der Waals surface area contributed by atoms with Crippen molar-refractivity contribution in [1.29, 1.82) is 0 Å². The number of esters is 1. The van der Waals surface area contributed by atoms with E-state index in [1.165, 1.54) is 13.5 Å². The second-order valence-corrected chi connectivity index (χ2v) is 5.94. The summed E-state index contributed by atoms with van der Waals surface area (Å²) in [5.74, 6) is 0.666. The van der Waals surface area contributed by atoms with Crippen molar-refractivity contribution >= 4 is 5.97 Å². The van der Waals surface area contributed by atoms with E-state index in [0.717, 1.165) is 19.4 Å². The van der Waals surface area contributed by atoms with Gasteiger partial charge in [0.1, 0.15) is 5.54 Å². The van der Waals surface area contributed by atoms with Gasteiger partial charge in [0.15, 0.2) is 0 Å². The van der Waals surface area contributed by atoms with E-state index in [1.807, 2.05) is 0 Å². The van der Waals surface area contributed by atoms with E-state index in [2.05, 4.69) is 19.2 Å². The van der Waals surface area contributed by atoms with E-state index in [0.29, 0.717) is 11.3 Å². The molecule has 4 bridgehead atoms. The predicted molar refractivity (Wildman–Crippen MR) is 56.3 cm³/mol. The third-order valence-electron chi connectivity index (χ3n) is 5.94. The lowest BCUT2D eigenvalue weighted by molar-refractivity contribution is -0.153. The monoisotopic (exact) mass is 209 g/mol. The molecule has 15 heavy (non-hydrogen) atoms. The van der Waals surface area contributed by atoms with Crippen LogP contribution in [-0.2, 0) is 9.53 Å². The Bertz CT molecular complexity index is 343. The maximum Gasteiger partial charge on any atom is 0.326 e. The molecule has 0 aromatic heterocycles. The van der Waals surface area contributed by atoms with Crippen LogP contribution in [0, 0.1) is 16.7 Å². The molecule has 4 atom stereocenters. The average molecular weight is 209 g/mol. The molecule has 0 aromatic rings. The molecule has 0 amide bonds. The molecule has 3 rings (SSSR count). The molecule has 3 aliphatic rings. The Labute approximate surface area is 90.6 Å².